The molecule has 0 unspecified atom stereocenters. The lowest BCUT2D eigenvalue weighted by molar-refractivity contribution is 0.0981. The lowest BCUT2D eigenvalue weighted by atomic mass is 9.86. The molecule has 198 valence electrons. The minimum atomic E-state index is -0.127. The summed E-state index contributed by atoms with van der Waals surface area (Å²) in [4.78, 5) is 31.6. The SMILES string of the molecule is CC(=NCC(=O)c1ccc(C(=O)CCCCCCCN)s1)c1csc(-c2ccc(C(C)(C)C)cc2)c1O. The monoisotopic (exact) mass is 538 g/mol. The Morgan fingerprint density at radius 2 is 1.54 bits per heavy atom. The number of nitrogens with zero attached hydrogens (tertiary/aromatic N) is 1. The topological polar surface area (TPSA) is 92.8 Å². The van der Waals surface area contributed by atoms with Gasteiger partial charge in [-0.2, -0.15) is 0 Å². The molecule has 0 atom stereocenters. The lowest BCUT2D eigenvalue weighted by Crippen LogP contribution is -2.10. The molecule has 0 fully saturated rings. The average molecular weight is 539 g/mol. The van der Waals surface area contributed by atoms with Crippen molar-refractivity contribution in [1.82, 2.24) is 0 Å². The third-order valence-electron chi connectivity index (χ3n) is 6.39. The third kappa shape index (κ3) is 7.94. The van der Waals surface area contributed by atoms with E-state index >= 15 is 0 Å². The summed E-state index contributed by atoms with van der Waals surface area (Å²) < 4.78 is 0. The maximum absolute atomic E-state index is 12.7. The van der Waals surface area contributed by atoms with Crippen LogP contribution in [-0.4, -0.2) is 35.5 Å². The number of ketones is 2. The molecule has 0 saturated heterocycles. The number of Topliss-reactive ketones (excluding diaryl/α,β-unsaturated/α-hetero) is 2. The van der Waals surface area contributed by atoms with E-state index in [1.54, 1.807) is 19.1 Å². The zero-order valence-corrected chi connectivity index (χ0v) is 23.9. The summed E-state index contributed by atoms with van der Waals surface area (Å²) in [5.41, 5.74) is 9.02. The Balaban J connectivity index is 1.58. The molecule has 0 aliphatic carbocycles. The summed E-state index contributed by atoms with van der Waals surface area (Å²) in [5, 5.41) is 12.7. The van der Waals surface area contributed by atoms with E-state index in [1.807, 2.05) is 17.5 Å². The fraction of sp³-hybridized carbons (Fsp3) is 0.433. The second kappa shape index (κ2) is 13.3. The van der Waals surface area contributed by atoms with Crippen LogP contribution >= 0.6 is 22.7 Å². The van der Waals surface area contributed by atoms with Crippen molar-refractivity contribution in [2.75, 3.05) is 13.1 Å². The number of hydrogen-bond acceptors (Lipinski definition) is 7. The molecular formula is C30H38N2O3S2. The van der Waals surface area contributed by atoms with E-state index in [0.29, 0.717) is 27.5 Å². The second-order valence-electron chi connectivity index (χ2n) is 10.4. The Hall–Kier alpha value is -2.61. The van der Waals surface area contributed by atoms with Crippen molar-refractivity contribution in [3.8, 4) is 16.2 Å². The molecule has 3 N–H and O–H groups in total. The van der Waals surface area contributed by atoms with Crippen molar-refractivity contribution in [2.45, 2.75) is 71.6 Å². The first kappa shape index (κ1) is 29.0. The van der Waals surface area contributed by atoms with Crippen LogP contribution in [0.2, 0.25) is 0 Å². The second-order valence-corrected chi connectivity index (χ2v) is 12.3. The average Bonchev–Trinajstić information content (AvgIpc) is 3.51. The number of nitrogens with two attached hydrogens (primary N) is 1. The minimum absolute atomic E-state index is 0.0218. The molecule has 3 rings (SSSR count). The lowest BCUT2D eigenvalue weighted by Gasteiger charge is -2.19. The number of rotatable bonds is 13. The standard InChI is InChI=1S/C30H38N2O3S2/c1-20(23-19-36-29(28(23)35)21-11-13-22(14-12-21)30(2,3)4)32-18-25(34)27-16-15-26(37-27)24(33)10-8-6-5-7-9-17-31/h11-16,19,35H,5-10,17-18,31H2,1-4H3. The van der Waals surface area contributed by atoms with Gasteiger partial charge in [-0.05, 0) is 55.0 Å². The number of carbonyl (C=O) groups excluding carboxylic acids is 2. The Labute approximate surface area is 228 Å². The number of unbranched alkanes of at least 4 members (excludes halogenated alkanes) is 4. The number of aliphatic imine (C=N–C) groups is 1. The van der Waals surface area contributed by atoms with E-state index in [-0.39, 0.29) is 29.3 Å². The van der Waals surface area contributed by atoms with Crippen molar-refractivity contribution in [2.24, 2.45) is 10.7 Å². The Kier molecular flexibility index (Phi) is 10.4. The largest absolute Gasteiger partial charge is 0.506 e. The van der Waals surface area contributed by atoms with Gasteiger partial charge in [0, 0.05) is 23.1 Å². The van der Waals surface area contributed by atoms with Gasteiger partial charge in [-0.3, -0.25) is 14.6 Å². The quantitative estimate of drug-likeness (QED) is 0.133. The van der Waals surface area contributed by atoms with E-state index in [0.717, 1.165) is 49.1 Å². The molecule has 0 aliphatic heterocycles. The number of benzene rings is 1. The van der Waals surface area contributed by atoms with Crippen LogP contribution in [0.1, 0.15) is 96.7 Å². The molecule has 0 aliphatic rings. The van der Waals surface area contributed by atoms with Crippen LogP contribution in [0.15, 0.2) is 46.8 Å². The van der Waals surface area contributed by atoms with Crippen molar-refractivity contribution >= 4 is 40.0 Å². The number of carbonyl (C=O) groups is 2. The van der Waals surface area contributed by atoms with Crippen LogP contribution < -0.4 is 5.73 Å². The molecule has 1 aromatic carbocycles. The molecule has 0 spiro atoms. The summed E-state index contributed by atoms with van der Waals surface area (Å²) in [6.07, 6.45) is 5.63. The van der Waals surface area contributed by atoms with Crippen molar-refractivity contribution in [1.29, 1.82) is 0 Å². The first-order valence-corrected chi connectivity index (χ1v) is 14.6. The third-order valence-corrected chi connectivity index (χ3v) is 8.58. The molecule has 7 heteroatoms. The molecule has 0 saturated carbocycles. The number of aromatic hydroxyl groups is 1. The van der Waals surface area contributed by atoms with Gasteiger partial charge in [-0.1, -0.05) is 64.3 Å². The van der Waals surface area contributed by atoms with Crippen LogP contribution in [0.3, 0.4) is 0 Å². The van der Waals surface area contributed by atoms with E-state index in [4.69, 9.17) is 5.73 Å². The highest BCUT2D eigenvalue weighted by Crippen LogP contribution is 2.39. The Morgan fingerprint density at radius 3 is 2.19 bits per heavy atom. The predicted molar refractivity (Wildman–Crippen MR) is 157 cm³/mol. The highest BCUT2D eigenvalue weighted by molar-refractivity contribution is 7.16. The normalized spacial score (nSPS) is 12.2. The molecule has 0 radical (unpaired) electrons. The number of thiophene rings is 2. The Bertz CT molecular complexity index is 1230. The van der Waals surface area contributed by atoms with Crippen LogP contribution in [0, 0.1) is 0 Å². The molecular weight excluding hydrogens is 500 g/mol. The summed E-state index contributed by atoms with van der Waals surface area (Å²) in [6, 6.07) is 11.7. The maximum Gasteiger partial charge on any atom is 0.194 e. The zero-order chi connectivity index (χ0) is 27.0. The maximum atomic E-state index is 12.7. The van der Waals surface area contributed by atoms with Crippen LogP contribution in [0.4, 0.5) is 0 Å². The molecule has 2 heterocycles. The van der Waals surface area contributed by atoms with Gasteiger partial charge in [-0.25, -0.2) is 0 Å². The summed E-state index contributed by atoms with van der Waals surface area (Å²) in [7, 11) is 0. The smallest absolute Gasteiger partial charge is 0.194 e. The molecule has 3 aromatic rings. The summed E-state index contributed by atoms with van der Waals surface area (Å²) in [6.45, 7) is 9.02. The van der Waals surface area contributed by atoms with Crippen molar-refractivity contribution < 1.29 is 14.7 Å². The van der Waals surface area contributed by atoms with Crippen molar-refractivity contribution in [3.05, 3.63) is 62.7 Å². The first-order valence-electron chi connectivity index (χ1n) is 12.9. The molecule has 0 bridgehead atoms. The van der Waals surface area contributed by atoms with Gasteiger partial charge < -0.3 is 10.8 Å². The van der Waals surface area contributed by atoms with Crippen LogP contribution in [-0.2, 0) is 5.41 Å². The van der Waals surface area contributed by atoms with Crippen molar-refractivity contribution in [3.63, 3.8) is 0 Å². The van der Waals surface area contributed by atoms with E-state index in [2.05, 4.69) is 37.9 Å². The fourth-order valence-corrected chi connectivity index (χ4v) is 5.92. The van der Waals surface area contributed by atoms with Crippen LogP contribution in [0.5, 0.6) is 5.75 Å². The highest BCUT2D eigenvalue weighted by atomic mass is 32.1. The van der Waals surface area contributed by atoms with Gasteiger partial charge >= 0.3 is 0 Å². The Morgan fingerprint density at radius 1 is 0.919 bits per heavy atom. The molecule has 0 amide bonds. The zero-order valence-electron chi connectivity index (χ0n) is 22.3. The summed E-state index contributed by atoms with van der Waals surface area (Å²) >= 11 is 2.71. The van der Waals surface area contributed by atoms with Gasteiger partial charge in [0.15, 0.2) is 11.6 Å². The minimum Gasteiger partial charge on any atom is -0.506 e. The highest BCUT2D eigenvalue weighted by Gasteiger charge is 2.18. The first-order chi connectivity index (χ1) is 17.6. The number of hydrogen-bond donors (Lipinski definition) is 2. The van der Waals surface area contributed by atoms with E-state index in [1.165, 1.54) is 28.2 Å². The van der Waals surface area contributed by atoms with E-state index in [9.17, 15) is 14.7 Å². The van der Waals surface area contributed by atoms with Gasteiger partial charge in [0.1, 0.15) is 12.3 Å². The molecule has 2 aromatic heterocycles. The molecule has 5 nitrogen and oxygen atoms in total. The van der Waals surface area contributed by atoms with Gasteiger partial charge in [-0.15, -0.1) is 22.7 Å². The van der Waals surface area contributed by atoms with E-state index < -0.39 is 0 Å². The van der Waals surface area contributed by atoms with Crippen LogP contribution in [0.25, 0.3) is 10.4 Å². The predicted octanol–water partition coefficient (Wildman–Crippen LogP) is 7.65. The van der Waals surface area contributed by atoms with Gasteiger partial charge in [0.05, 0.1) is 14.6 Å². The summed E-state index contributed by atoms with van der Waals surface area (Å²) in [5.74, 6) is 0.154. The fourth-order valence-electron chi connectivity index (χ4n) is 4.01. The molecule has 37 heavy (non-hydrogen) atoms. The van der Waals surface area contributed by atoms with Gasteiger partial charge in [0.25, 0.3) is 0 Å². The van der Waals surface area contributed by atoms with Gasteiger partial charge in [0.2, 0.25) is 0 Å².